The summed E-state index contributed by atoms with van der Waals surface area (Å²) in [5.74, 6) is -0.411. The molecule has 1 N–H and O–H groups in total. The summed E-state index contributed by atoms with van der Waals surface area (Å²) in [4.78, 5) is 50.7. The molecule has 0 bridgehead atoms. The number of nitrogens with zero attached hydrogens (tertiary/aromatic N) is 5. The first-order chi connectivity index (χ1) is 18.0. The fourth-order valence-corrected chi connectivity index (χ4v) is 3.70. The fraction of sp³-hybridized carbons (Fsp3) is 0.348. The van der Waals surface area contributed by atoms with E-state index in [0.29, 0.717) is 12.0 Å². The third-order valence-corrected chi connectivity index (χ3v) is 5.53. The van der Waals surface area contributed by atoms with E-state index in [1.807, 2.05) is 11.9 Å². The number of carbonyl (C=O) groups is 1. The SMILES string of the molecule is CCCOC(=O)OC(C)n1nc(Oc2c(Cl)cc(-n3nc(C#N)c(=O)[nH]c3=O)cc2Cl)cc(C(C)C)c1=O. The largest absolute Gasteiger partial charge is 0.510 e. The van der Waals surface area contributed by atoms with Gasteiger partial charge in [-0.25, -0.2) is 9.59 Å². The predicted molar refractivity (Wildman–Crippen MR) is 135 cm³/mol. The molecule has 1 aromatic carbocycles. The summed E-state index contributed by atoms with van der Waals surface area (Å²) >= 11 is 12.7. The smallest absolute Gasteiger partial charge is 0.434 e. The standard InChI is InChI=1S/C23H22Cl2N6O7/c1-5-6-36-23(35)37-12(4)30-21(33)14(11(2)3)9-18(29-30)38-19-15(24)7-13(8-16(19)25)31-22(34)27-20(32)17(10-26)28-31/h7-9,11-12H,5-6H2,1-4H3,(H,27,32,34). The molecule has 15 heteroatoms. The van der Waals surface area contributed by atoms with Gasteiger partial charge >= 0.3 is 11.8 Å². The number of carbonyl (C=O) groups excluding carboxylic acids is 1. The minimum absolute atomic E-state index is 0.0403. The first-order valence-electron chi connectivity index (χ1n) is 11.2. The van der Waals surface area contributed by atoms with E-state index in [4.69, 9.17) is 42.7 Å². The maximum atomic E-state index is 13.0. The van der Waals surface area contributed by atoms with E-state index in [9.17, 15) is 19.2 Å². The third kappa shape index (κ3) is 6.21. The number of hydrogen-bond donors (Lipinski definition) is 1. The molecule has 0 saturated heterocycles. The number of H-pyrrole nitrogens is 1. The van der Waals surface area contributed by atoms with Gasteiger partial charge in [0.2, 0.25) is 11.6 Å². The molecular weight excluding hydrogens is 543 g/mol. The van der Waals surface area contributed by atoms with Crippen LogP contribution in [0.3, 0.4) is 0 Å². The monoisotopic (exact) mass is 564 g/mol. The lowest BCUT2D eigenvalue weighted by molar-refractivity contribution is -0.00347. The van der Waals surface area contributed by atoms with E-state index in [1.54, 1.807) is 19.9 Å². The van der Waals surface area contributed by atoms with Crippen LogP contribution in [0.25, 0.3) is 5.69 Å². The van der Waals surface area contributed by atoms with E-state index in [0.717, 1.165) is 9.36 Å². The van der Waals surface area contributed by atoms with Crippen LogP contribution in [0.4, 0.5) is 4.79 Å². The molecule has 0 aliphatic heterocycles. The zero-order valence-electron chi connectivity index (χ0n) is 20.7. The van der Waals surface area contributed by atoms with Gasteiger partial charge in [-0.2, -0.15) is 14.6 Å². The highest BCUT2D eigenvalue weighted by Gasteiger charge is 2.22. The van der Waals surface area contributed by atoms with Crippen LogP contribution in [0, 0.1) is 11.3 Å². The summed E-state index contributed by atoms with van der Waals surface area (Å²) in [6.45, 7) is 6.98. The first kappa shape index (κ1) is 28.4. The molecule has 200 valence electrons. The van der Waals surface area contributed by atoms with Crippen LogP contribution in [0.1, 0.15) is 57.5 Å². The van der Waals surface area contributed by atoms with Gasteiger partial charge in [-0.1, -0.05) is 44.0 Å². The minimum Gasteiger partial charge on any atom is -0.434 e. The lowest BCUT2D eigenvalue weighted by Crippen LogP contribution is -2.33. The van der Waals surface area contributed by atoms with Crippen molar-refractivity contribution in [3.63, 3.8) is 0 Å². The van der Waals surface area contributed by atoms with Crippen LogP contribution < -0.4 is 21.5 Å². The Bertz CT molecular complexity index is 1570. The summed E-state index contributed by atoms with van der Waals surface area (Å²) in [5.41, 5.74) is -2.56. The quantitative estimate of drug-likeness (QED) is 0.398. The van der Waals surface area contributed by atoms with Gasteiger partial charge in [0, 0.05) is 11.6 Å². The molecule has 0 saturated carbocycles. The summed E-state index contributed by atoms with van der Waals surface area (Å²) in [5, 5.41) is 16.7. The number of aromatic amines is 1. The highest BCUT2D eigenvalue weighted by Crippen LogP contribution is 2.37. The number of nitrogens with one attached hydrogen (secondary N) is 1. The highest BCUT2D eigenvalue weighted by atomic mass is 35.5. The molecule has 0 aliphatic carbocycles. The summed E-state index contributed by atoms with van der Waals surface area (Å²) in [6, 6.07) is 5.52. The van der Waals surface area contributed by atoms with Crippen LogP contribution >= 0.6 is 23.2 Å². The summed E-state index contributed by atoms with van der Waals surface area (Å²) in [6.07, 6.45) is -1.50. The van der Waals surface area contributed by atoms with Crippen LogP contribution in [-0.4, -0.2) is 37.3 Å². The Kier molecular flexibility index (Phi) is 8.92. The lowest BCUT2D eigenvalue weighted by Gasteiger charge is -2.18. The van der Waals surface area contributed by atoms with E-state index in [-0.39, 0.29) is 39.9 Å². The zero-order valence-corrected chi connectivity index (χ0v) is 22.2. The second-order valence-corrected chi connectivity index (χ2v) is 8.94. The van der Waals surface area contributed by atoms with Crippen LogP contribution in [0.2, 0.25) is 10.0 Å². The second-order valence-electron chi connectivity index (χ2n) is 8.13. The Morgan fingerprint density at radius 1 is 1.13 bits per heavy atom. The Morgan fingerprint density at radius 2 is 1.79 bits per heavy atom. The Morgan fingerprint density at radius 3 is 2.37 bits per heavy atom. The minimum atomic E-state index is -1.13. The zero-order chi connectivity index (χ0) is 28.1. The van der Waals surface area contributed by atoms with E-state index in [2.05, 4.69) is 10.2 Å². The van der Waals surface area contributed by atoms with Gasteiger partial charge in [0.05, 0.1) is 22.3 Å². The average molecular weight is 565 g/mol. The molecule has 0 spiro atoms. The van der Waals surface area contributed by atoms with Gasteiger partial charge in [-0.05, 0) is 31.4 Å². The maximum Gasteiger partial charge on any atom is 0.510 e. The normalized spacial score (nSPS) is 11.6. The van der Waals surface area contributed by atoms with Gasteiger partial charge in [0.1, 0.15) is 6.07 Å². The number of aromatic nitrogens is 5. The Balaban J connectivity index is 2.02. The summed E-state index contributed by atoms with van der Waals surface area (Å²) in [7, 11) is 0. The van der Waals surface area contributed by atoms with Gasteiger partial charge in [-0.15, -0.1) is 10.2 Å². The van der Waals surface area contributed by atoms with Crippen molar-refractivity contribution < 1.29 is 19.0 Å². The third-order valence-electron chi connectivity index (χ3n) is 4.97. The molecule has 38 heavy (non-hydrogen) atoms. The molecule has 0 radical (unpaired) electrons. The van der Waals surface area contributed by atoms with Crippen molar-refractivity contribution in [2.75, 3.05) is 6.61 Å². The van der Waals surface area contributed by atoms with Crippen molar-refractivity contribution in [2.45, 2.75) is 46.3 Å². The fourth-order valence-electron chi connectivity index (χ4n) is 3.15. The molecule has 3 aromatic rings. The van der Waals surface area contributed by atoms with E-state index in [1.165, 1.54) is 25.1 Å². The number of halogens is 2. The number of rotatable bonds is 8. The number of hydrogen-bond acceptors (Lipinski definition) is 10. The van der Waals surface area contributed by atoms with Crippen molar-refractivity contribution in [3.05, 3.63) is 70.7 Å². The van der Waals surface area contributed by atoms with E-state index >= 15 is 0 Å². The molecule has 0 aliphatic rings. The van der Waals surface area contributed by atoms with Crippen molar-refractivity contribution in [1.29, 1.82) is 5.26 Å². The molecule has 2 heterocycles. The predicted octanol–water partition coefficient (Wildman–Crippen LogP) is 3.65. The molecule has 0 fully saturated rings. The van der Waals surface area contributed by atoms with Crippen molar-refractivity contribution >= 4 is 29.4 Å². The molecule has 13 nitrogen and oxygen atoms in total. The van der Waals surface area contributed by atoms with Crippen molar-refractivity contribution in [1.82, 2.24) is 24.5 Å². The topological polar surface area (TPSA) is 171 Å². The molecular formula is C23H22Cl2N6O7. The van der Waals surface area contributed by atoms with Crippen LogP contribution in [0.5, 0.6) is 11.6 Å². The van der Waals surface area contributed by atoms with Gasteiger partial charge < -0.3 is 14.2 Å². The summed E-state index contributed by atoms with van der Waals surface area (Å²) < 4.78 is 17.5. The number of nitriles is 1. The average Bonchev–Trinajstić information content (AvgIpc) is 2.85. The van der Waals surface area contributed by atoms with Crippen molar-refractivity contribution in [2.24, 2.45) is 0 Å². The first-order valence-corrected chi connectivity index (χ1v) is 12.0. The van der Waals surface area contributed by atoms with Crippen molar-refractivity contribution in [3.8, 4) is 23.4 Å². The van der Waals surface area contributed by atoms with Crippen LogP contribution in [0.15, 0.2) is 32.6 Å². The molecule has 2 aromatic heterocycles. The van der Waals surface area contributed by atoms with Gasteiger partial charge in [-0.3, -0.25) is 14.6 Å². The second kappa shape index (κ2) is 11.9. The lowest BCUT2D eigenvalue weighted by atomic mass is 10.1. The highest BCUT2D eigenvalue weighted by molar-refractivity contribution is 6.37. The Hall–Kier alpha value is -4.15. The number of ether oxygens (including phenoxy) is 3. The molecule has 0 amide bonds. The van der Waals surface area contributed by atoms with Gasteiger partial charge in [0.15, 0.2) is 12.0 Å². The molecule has 1 unspecified atom stereocenters. The maximum absolute atomic E-state index is 13.0. The Labute approximate surface area is 225 Å². The molecule has 3 rings (SSSR count). The number of benzene rings is 1. The van der Waals surface area contributed by atoms with Gasteiger partial charge in [0.25, 0.3) is 11.1 Å². The van der Waals surface area contributed by atoms with Crippen LogP contribution in [-0.2, 0) is 9.47 Å². The van der Waals surface area contributed by atoms with E-state index < -0.39 is 34.9 Å². The molecule has 1 atom stereocenters.